The molecule has 0 saturated carbocycles. The van der Waals surface area contributed by atoms with Crippen molar-refractivity contribution in [2.75, 3.05) is 18.6 Å². The number of nitrogens with one attached hydrogen (secondary N) is 1. The molecule has 0 aliphatic carbocycles. The standard InChI is InChI=1S/C15H23NO3S/c1-12-7-8-14(11-13(12)2)5-4-6-15(17)16-9-10-20(3,18)19/h7-8,11H,4-6,9-10H2,1-3H3,(H,16,17). The predicted octanol–water partition coefficient (Wildman–Crippen LogP) is 1.79. The van der Waals surface area contributed by atoms with Gasteiger partial charge in [0.2, 0.25) is 5.91 Å². The van der Waals surface area contributed by atoms with Crippen LogP contribution >= 0.6 is 0 Å². The highest BCUT2D eigenvalue weighted by Gasteiger charge is 2.05. The molecule has 0 aliphatic heterocycles. The van der Waals surface area contributed by atoms with Crippen molar-refractivity contribution in [2.45, 2.75) is 33.1 Å². The zero-order valence-corrected chi connectivity index (χ0v) is 13.2. The summed E-state index contributed by atoms with van der Waals surface area (Å²) in [4.78, 5) is 11.5. The quantitative estimate of drug-likeness (QED) is 0.834. The maximum absolute atomic E-state index is 11.5. The molecule has 0 saturated heterocycles. The first kappa shape index (κ1) is 16.7. The van der Waals surface area contributed by atoms with Crippen LogP contribution in [0.1, 0.15) is 29.5 Å². The first-order chi connectivity index (χ1) is 9.28. The fourth-order valence-corrected chi connectivity index (χ4v) is 2.35. The summed E-state index contributed by atoms with van der Waals surface area (Å²) in [5, 5.41) is 2.63. The Morgan fingerprint density at radius 3 is 2.50 bits per heavy atom. The Kier molecular flexibility index (Phi) is 6.20. The third-order valence-electron chi connectivity index (χ3n) is 3.24. The van der Waals surface area contributed by atoms with Crippen LogP contribution in [-0.4, -0.2) is 32.9 Å². The number of hydrogen-bond donors (Lipinski definition) is 1. The smallest absolute Gasteiger partial charge is 0.220 e. The summed E-state index contributed by atoms with van der Waals surface area (Å²) in [7, 11) is -3.01. The molecule has 112 valence electrons. The van der Waals surface area contributed by atoms with Gasteiger partial charge in [0.05, 0.1) is 5.75 Å². The third kappa shape index (κ3) is 6.70. The Labute approximate surface area is 121 Å². The van der Waals surface area contributed by atoms with Gasteiger partial charge in [0.1, 0.15) is 9.84 Å². The van der Waals surface area contributed by atoms with E-state index < -0.39 is 9.84 Å². The van der Waals surface area contributed by atoms with E-state index in [4.69, 9.17) is 0 Å². The van der Waals surface area contributed by atoms with Crippen LogP contribution < -0.4 is 5.32 Å². The molecular weight excluding hydrogens is 274 g/mol. The first-order valence-electron chi connectivity index (χ1n) is 6.78. The molecule has 0 atom stereocenters. The van der Waals surface area contributed by atoms with E-state index in [1.165, 1.54) is 22.9 Å². The van der Waals surface area contributed by atoms with E-state index in [1.54, 1.807) is 0 Å². The Bertz CT molecular complexity index is 564. The summed E-state index contributed by atoms with van der Waals surface area (Å²) in [5.74, 6) is -0.0897. The largest absolute Gasteiger partial charge is 0.355 e. The van der Waals surface area contributed by atoms with Crippen molar-refractivity contribution in [1.29, 1.82) is 0 Å². The van der Waals surface area contributed by atoms with E-state index in [2.05, 4.69) is 37.4 Å². The fraction of sp³-hybridized carbons (Fsp3) is 0.533. The molecule has 0 unspecified atom stereocenters. The molecule has 1 aromatic rings. The monoisotopic (exact) mass is 297 g/mol. The minimum Gasteiger partial charge on any atom is -0.355 e. The lowest BCUT2D eigenvalue weighted by molar-refractivity contribution is -0.121. The zero-order chi connectivity index (χ0) is 15.2. The highest BCUT2D eigenvalue weighted by atomic mass is 32.2. The summed E-state index contributed by atoms with van der Waals surface area (Å²) in [6.07, 6.45) is 3.23. The number of carbonyl (C=O) groups excluding carboxylic acids is 1. The predicted molar refractivity (Wildman–Crippen MR) is 81.6 cm³/mol. The highest BCUT2D eigenvalue weighted by Crippen LogP contribution is 2.12. The van der Waals surface area contributed by atoms with Gasteiger partial charge in [-0.2, -0.15) is 0 Å². The topological polar surface area (TPSA) is 63.2 Å². The molecule has 5 heteroatoms. The minimum absolute atomic E-state index is 0.00407. The van der Waals surface area contributed by atoms with Crippen LogP contribution in [0.25, 0.3) is 0 Å². The van der Waals surface area contributed by atoms with Crippen LogP contribution in [0.4, 0.5) is 0 Å². The van der Waals surface area contributed by atoms with Crippen molar-refractivity contribution in [2.24, 2.45) is 0 Å². The van der Waals surface area contributed by atoms with E-state index in [0.717, 1.165) is 12.8 Å². The molecule has 1 rings (SSSR count). The Morgan fingerprint density at radius 1 is 1.20 bits per heavy atom. The maximum atomic E-state index is 11.5. The van der Waals surface area contributed by atoms with Crippen LogP contribution in [0.15, 0.2) is 18.2 Å². The Hall–Kier alpha value is -1.36. The first-order valence-corrected chi connectivity index (χ1v) is 8.84. The summed E-state index contributed by atoms with van der Waals surface area (Å²) < 4.78 is 21.8. The van der Waals surface area contributed by atoms with Crippen molar-refractivity contribution >= 4 is 15.7 Å². The number of benzene rings is 1. The fourth-order valence-electron chi connectivity index (χ4n) is 1.88. The van der Waals surface area contributed by atoms with Gasteiger partial charge in [0.25, 0.3) is 0 Å². The van der Waals surface area contributed by atoms with Crippen molar-refractivity contribution < 1.29 is 13.2 Å². The summed E-state index contributed by atoms with van der Waals surface area (Å²) in [5.41, 5.74) is 3.77. The molecule has 4 nitrogen and oxygen atoms in total. The second-order valence-electron chi connectivity index (χ2n) is 5.25. The molecule has 0 heterocycles. The third-order valence-corrected chi connectivity index (χ3v) is 4.18. The summed E-state index contributed by atoms with van der Waals surface area (Å²) in [6, 6.07) is 6.33. The highest BCUT2D eigenvalue weighted by molar-refractivity contribution is 7.90. The van der Waals surface area contributed by atoms with E-state index in [1.807, 2.05) is 0 Å². The van der Waals surface area contributed by atoms with Crippen molar-refractivity contribution in [3.8, 4) is 0 Å². The zero-order valence-electron chi connectivity index (χ0n) is 12.4. The number of hydrogen-bond acceptors (Lipinski definition) is 3. The summed E-state index contributed by atoms with van der Waals surface area (Å²) >= 11 is 0. The lowest BCUT2D eigenvalue weighted by atomic mass is 10.0. The summed E-state index contributed by atoms with van der Waals surface area (Å²) in [6.45, 7) is 4.35. The lowest BCUT2D eigenvalue weighted by Crippen LogP contribution is -2.28. The van der Waals surface area contributed by atoms with Crippen LogP contribution in [0.5, 0.6) is 0 Å². The molecule has 0 aliphatic rings. The molecule has 0 radical (unpaired) electrons. The minimum atomic E-state index is -3.01. The molecule has 0 aromatic heterocycles. The van der Waals surface area contributed by atoms with Gasteiger partial charge in [-0.3, -0.25) is 4.79 Å². The molecule has 1 aromatic carbocycles. The van der Waals surface area contributed by atoms with Crippen LogP contribution in [0, 0.1) is 13.8 Å². The van der Waals surface area contributed by atoms with Gasteiger partial charge in [-0.1, -0.05) is 18.2 Å². The van der Waals surface area contributed by atoms with Crippen LogP contribution in [0.3, 0.4) is 0 Å². The lowest BCUT2D eigenvalue weighted by Gasteiger charge is -2.06. The second-order valence-corrected chi connectivity index (χ2v) is 7.51. The van der Waals surface area contributed by atoms with Gasteiger partial charge in [-0.05, 0) is 43.4 Å². The normalized spacial score (nSPS) is 11.3. The van der Waals surface area contributed by atoms with Crippen molar-refractivity contribution in [3.63, 3.8) is 0 Å². The van der Waals surface area contributed by atoms with Gasteiger partial charge >= 0.3 is 0 Å². The molecule has 1 amide bonds. The number of amides is 1. The van der Waals surface area contributed by atoms with E-state index >= 15 is 0 Å². The SMILES string of the molecule is Cc1ccc(CCCC(=O)NCCS(C)(=O)=O)cc1C. The van der Waals surface area contributed by atoms with E-state index in [9.17, 15) is 13.2 Å². The number of carbonyl (C=O) groups is 1. The van der Waals surface area contributed by atoms with Crippen molar-refractivity contribution in [1.82, 2.24) is 5.32 Å². The number of rotatable bonds is 7. The van der Waals surface area contributed by atoms with Crippen molar-refractivity contribution in [3.05, 3.63) is 34.9 Å². The van der Waals surface area contributed by atoms with Gasteiger partial charge in [-0.15, -0.1) is 0 Å². The van der Waals surface area contributed by atoms with E-state index in [0.29, 0.717) is 6.42 Å². The molecule has 20 heavy (non-hydrogen) atoms. The molecule has 0 bridgehead atoms. The van der Waals surface area contributed by atoms with Gasteiger partial charge in [-0.25, -0.2) is 8.42 Å². The maximum Gasteiger partial charge on any atom is 0.220 e. The average Bonchev–Trinajstić information content (AvgIpc) is 2.32. The average molecular weight is 297 g/mol. The molecule has 1 N–H and O–H groups in total. The number of aryl methyl sites for hydroxylation is 3. The Balaban J connectivity index is 2.26. The molecule has 0 fully saturated rings. The number of sulfone groups is 1. The molecular formula is C15H23NO3S. The van der Waals surface area contributed by atoms with Gasteiger partial charge in [0, 0.05) is 19.2 Å². The van der Waals surface area contributed by atoms with Crippen LogP contribution in [0.2, 0.25) is 0 Å². The second kappa shape index (κ2) is 7.43. The Morgan fingerprint density at radius 2 is 1.90 bits per heavy atom. The van der Waals surface area contributed by atoms with E-state index in [-0.39, 0.29) is 18.2 Å². The van der Waals surface area contributed by atoms with Gasteiger partial charge < -0.3 is 5.32 Å². The molecule has 0 spiro atoms. The van der Waals surface area contributed by atoms with Crippen LogP contribution in [-0.2, 0) is 21.1 Å². The van der Waals surface area contributed by atoms with Gasteiger partial charge in [0.15, 0.2) is 0 Å².